The third kappa shape index (κ3) is 3.45. The van der Waals surface area contributed by atoms with Gasteiger partial charge in [0, 0.05) is 4.47 Å². The van der Waals surface area contributed by atoms with Crippen LogP contribution in [-0.2, 0) is 22.4 Å². The summed E-state index contributed by atoms with van der Waals surface area (Å²) in [5.74, 6) is -2.42. The Morgan fingerprint density at radius 1 is 1.23 bits per heavy atom. The van der Waals surface area contributed by atoms with Crippen molar-refractivity contribution in [2.45, 2.75) is 31.2 Å². The Kier molecular flexibility index (Phi) is 5.07. The van der Waals surface area contributed by atoms with Crippen LogP contribution in [0.5, 0.6) is 0 Å². The number of primary amides is 1. The Hall–Kier alpha value is -3.20. The first kappa shape index (κ1) is 20.1. The van der Waals surface area contributed by atoms with E-state index < -0.39 is 35.0 Å². The van der Waals surface area contributed by atoms with Gasteiger partial charge in [0.2, 0.25) is 5.91 Å². The van der Waals surface area contributed by atoms with Crippen LogP contribution in [0.2, 0.25) is 0 Å². The van der Waals surface area contributed by atoms with E-state index in [1.807, 2.05) is 6.07 Å². The van der Waals surface area contributed by atoms with Crippen molar-refractivity contribution in [3.63, 3.8) is 0 Å². The predicted molar refractivity (Wildman–Crippen MR) is 114 cm³/mol. The molecule has 1 aromatic heterocycles. The molecule has 0 fully saturated rings. The Morgan fingerprint density at radius 2 is 1.93 bits per heavy atom. The highest BCUT2D eigenvalue weighted by Gasteiger charge is 2.34. The van der Waals surface area contributed by atoms with Gasteiger partial charge in [-0.2, -0.15) is 0 Å². The number of nitrogens with one attached hydrogen (secondary N) is 1. The van der Waals surface area contributed by atoms with Crippen molar-refractivity contribution in [3.05, 3.63) is 78.3 Å². The summed E-state index contributed by atoms with van der Waals surface area (Å²) in [7, 11) is 0. The van der Waals surface area contributed by atoms with Gasteiger partial charge in [0.25, 0.3) is 0 Å². The first-order chi connectivity index (χ1) is 14.3. The average molecular weight is 472 g/mol. The molecule has 0 radical (unpaired) electrons. The fourth-order valence-electron chi connectivity index (χ4n) is 4.27. The molecular weight excluding hydrogens is 454 g/mol. The van der Waals surface area contributed by atoms with Crippen LogP contribution in [0.4, 0.5) is 0 Å². The van der Waals surface area contributed by atoms with Gasteiger partial charge < -0.3 is 15.8 Å². The van der Waals surface area contributed by atoms with Crippen LogP contribution in [0.15, 0.2) is 50.5 Å². The minimum Gasteiger partial charge on any atom is -0.481 e. The maximum absolute atomic E-state index is 12.8. The van der Waals surface area contributed by atoms with Gasteiger partial charge in [-0.15, -0.1) is 0 Å². The maximum atomic E-state index is 12.8. The molecule has 154 valence electrons. The number of aromatic amines is 1. The first-order valence-corrected chi connectivity index (χ1v) is 10.1. The number of carbonyl (C=O) groups excluding carboxylic acids is 1. The number of carboxylic acid groups (broad SMARTS) is 1. The van der Waals surface area contributed by atoms with E-state index in [0.717, 1.165) is 10.0 Å². The van der Waals surface area contributed by atoms with Crippen LogP contribution in [-0.4, -0.2) is 26.5 Å². The molecule has 2 unspecified atom stereocenters. The summed E-state index contributed by atoms with van der Waals surface area (Å²) in [6.45, 7) is 0. The van der Waals surface area contributed by atoms with Crippen molar-refractivity contribution in [2.24, 2.45) is 5.73 Å². The molecule has 1 amide bonds. The molecular formula is C21H18BrN3O5. The number of carboxylic acids is 1. The zero-order valence-corrected chi connectivity index (χ0v) is 17.3. The lowest BCUT2D eigenvalue weighted by Crippen LogP contribution is -2.43. The lowest BCUT2D eigenvalue weighted by molar-refractivity contribution is -0.136. The summed E-state index contributed by atoms with van der Waals surface area (Å²) in [6, 6.07) is 9.55. The summed E-state index contributed by atoms with van der Waals surface area (Å²) >= 11 is 3.42. The van der Waals surface area contributed by atoms with E-state index >= 15 is 0 Å². The van der Waals surface area contributed by atoms with Crippen molar-refractivity contribution >= 4 is 38.8 Å². The van der Waals surface area contributed by atoms with Crippen molar-refractivity contribution in [2.75, 3.05) is 0 Å². The number of nitrogens with zero attached hydrogens (tertiary/aromatic N) is 1. The number of hydrogen-bond donors (Lipinski definition) is 3. The largest absolute Gasteiger partial charge is 0.481 e. The van der Waals surface area contributed by atoms with Gasteiger partial charge in [-0.3, -0.25) is 23.7 Å². The number of benzene rings is 2. The third-order valence-corrected chi connectivity index (χ3v) is 5.94. The summed E-state index contributed by atoms with van der Waals surface area (Å²) < 4.78 is 2.17. The number of H-pyrrole nitrogens is 1. The number of nitrogens with two attached hydrogens (primary N) is 1. The van der Waals surface area contributed by atoms with Crippen LogP contribution >= 0.6 is 15.9 Å². The van der Waals surface area contributed by atoms with Crippen molar-refractivity contribution < 1.29 is 14.7 Å². The molecule has 1 aliphatic rings. The second kappa shape index (κ2) is 7.56. The Balaban J connectivity index is 1.88. The number of hydrogen-bond acceptors (Lipinski definition) is 4. The first-order valence-electron chi connectivity index (χ1n) is 9.33. The van der Waals surface area contributed by atoms with Crippen LogP contribution in [0.3, 0.4) is 0 Å². The van der Waals surface area contributed by atoms with Gasteiger partial charge in [0.05, 0.1) is 29.4 Å². The van der Waals surface area contributed by atoms with Crippen LogP contribution in [0.25, 0.3) is 11.0 Å². The molecule has 3 aromatic rings. The number of halogens is 1. The van der Waals surface area contributed by atoms with E-state index in [2.05, 4.69) is 20.9 Å². The molecule has 0 bridgehead atoms. The number of aromatic nitrogens is 2. The monoisotopic (exact) mass is 471 g/mol. The molecule has 2 heterocycles. The minimum absolute atomic E-state index is 0.138. The minimum atomic E-state index is -0.957. The lowest BCUT2D eigenvalue weighted by Gasteiger charge is -2.32. The van der Waals surface area contributed by atoms with Crippen molar-refractivity contribution in [1.82, 2.24) is 9.55 Å². The highest BCUT2D eigenvalue weighted by atomic mass is 79.9. The molecule has 0 aliphatic carbocycles. The number of amides is 1. The van der Waals surface area contributed by atoms with E-state index in [0.29, 0.717) is 35.0 Å². The Bertz CT molecular complexity index is 1290. The number of rotatable bonds is 5. The fourth-order valence-corrected chi connectivity index (χ4v) is 4.78. The molecule has 2 atom stereocenters. The Morgan fingerprint density at radius 3 is 2.57 bits per heavy atom. The van der Waals surface area contributed by atoms with Gasteiger partial charge in [0.15, 0.2) is 0 Å². The third-order valence-electron chi connectivity index (χ3n) is 5.48. The van der Waals surface area contributed by atoms with Crippen molar-refractivity contribution in [1.29, 1.82) is 0 Å². The van der Waals surface area contributed by atoms with Crippen LogP contribution in [0, 0.1) is 0 Å². The van der Waals surface area contributed by atoms with E-state index in [4.69, 9.17) is 10.8 Å². The van der Waals surface area contributed by atoms with E-state index in [9.17, 15) is 19.2 Å². The normalized spacial score (nSPS) is 16.4. The second-order valence-electron chi connectivity index (χ2n) is 7.39. The Labute approximate surface area is 178 Å². The van der Waals surface area contributed by atoms with Gasteiger partial charge >= 0.3 is 17.1 Å². The molecule has 4 rings (SSSR count). The predicted octanol–water partition coefficient (Wildman–Crippen LogP) is 1.84. The topological polar surface area (TPSA) is 135 Å². The van der Waals surface area contributed by atoms with Crippen molar-refractivity contribution in [3.8, 4) is 0 Å². The summed E-state index contributed by atoms with van der Waals surface area (Å²) in [5.41, 5.74) is 7.39. The lowest BCUT2D eigenvalue weighted by atomic mass is 9.84. The fraction of sp³-hybridized carbons (Fsp3) is 0.238. The molecule has 8 nitrogen and oxygen atoms in total. The highest BCUT2D eigenvalue weighted by Crippen LogP contribution is 2.38. The van der Waals surface area contributed by atoms with Gasteiger partial charge in [-0.1, -0.05) is 40.2 Å². The standard InChI is InChI=1S/C21H18BrN3O5/c22-13-8-12-5-6-15(25-18(12)14(9-13)24-20(29)21(25)30)17(19(23)28)11-3-1-10(2-4-11)7-16(26)27/h1-4,8-9,15,17H,5-7H2,(H2,23,28)(H,24,29)(H,26,27). The number of aliphatic carboxylic acids is 1. The molecule has 1 aliphatic heterocycles. The average Bonchev–Trinajstić information content (AvgIpc) is 2.67. The molecule has 30 heavy (non-hydrogen) atoms. The van der Waals surface area contributed by atoms with E-state index in [1.54, 1.807) is 30.3 Å². The second-order valence-corrected chi connectivity index (χ2v) is 8.30. The summed E-state index contributed by atoms with van der Waals surface area (Å²) in [4.78, 5) is 51.1. The SMILES string of the molecule is NC(=O)C(c1ccc(CC(=O)O)cc1)C1CCc2cc(Br)cc3[nH]c(=O)c(=O)n1c23. The van der Waals surface area contributed by atoms with E-state index in [-0.39, 0.29) is 6.42 Å². The van der Waals surface area contributed by atoms with Crippen LogP contribution < -0.4 is 16.9 Å². The molecule has 0 saturated carbocycles. The molecule has 4 N–H and O–H groups in total. The van der Waals surface area contributed by atoms with Gasteiger partial charge in [0.1, 0.15) is 0 Å². The molecule has 9 heteroatoms. The number of carbonyl (C=O) groups is 2. The number of aryl methyl sites for hydroxylation is 1. The smallest absolute Gasteiger partial charge is 0.317 e. The quantitative estimate of drug-likeness (QED) is 0.487. The molecule has 0 saturated heterocycles. The zero-order chi connectivity index (χ0) is 21.6. The zero-order valence-electron chi connectivity index (χ0n) is 15.7. The van der Waals surface area contributed by atoms with Gasteiger partial charge in [-0.25, -0.2) is 0 Å². The van der Waals surface area contributed by atoms with E-state index in [1.165, 1.54) is 4.57 Å². The van der Waals surface area contributed by atoms with Gasteiger partial charge in [-0.05, 0) is 41.7 Å². The van der Waals surface area contributed by atoms with Crippen LogP contribution in [0.1, 0.15) is 35.1 Å². The summed E-state index contributed by atoms with van der Waals surface area (Å²) in [6.07, 6.45) is 0.917. The summed E-state index contributed by atoms with van der Waals surface area (Å²) in [5, 5.41) is 8.94. The maximum Gasteiger partial charge on any atom is 0.317 e. The molecule has 2 aromatic carbocycles. The highest BCUT2D eigenvalue weighted by molar-refractivity contribution is 9.10. The molecule has 0 spiro atoms.